The largest absolute Gasteiger partial charge is 0.462 e. The molecule has 0 saturated carbocycles. The fourth-order valence-corrected chi connectivity index (χ4v) is 7.21. The van der Waals surface area contributed by atoms with Crippen LogP contribution < -0.4 is 10.2 Å². The molecule has 11 heteroatoms. The Morgan fingerprint density at radius 2 is 1.84 bits per heavy atom. The smallest absolute Gasteiger partial charge is 0.338 e. The minimum atomic E-state index is -3.97. The maximum atomic E-state index is 13.8. The predicted octanol–water partition coefficient (Wildman–Crippen LogP) is 3.96. The number of hydrogen-bond donors (Lipinski definition) is 1. The van der Waals surface area contributed by atoms with Gasteiger partial charge < -0.3 is 15.0 Å². The molecule has 0 aromatic heterocycles. The van der Waals surface area contributed by atoms with E-state index in [2.05, 4.69) is 21.2 Å². The van der Waals surface area contributed by atoms with Gasteiger partial charge in [0.05, 0.1) is 23.8 Å². The quantitative estimate of drug-likeness (QED) is 0.487. The van der Waals surface area contributed by atoms with E-state index in [0.717, 1.165) is 5.56 Å². The summed E-state index contributed by atoms with van der Waals surface area (Å²) in [6, 6.07) is 9.78. The van der Waals surface area contributed by atoms with Crippen molar-refractivity contribution in [2.45, 2.75) is 44.4 Å². The van der Waals surface area contributed by atoms with E-state index in [9.17, 15) is 22.8 Å². The van der Waals surface area contributed by atoms with Gasteiger partial charge in [-0.25, -0.2) is 13.2 Å². The van der Waals surface area contributed by atoms with Gasteiger partial charge in [0.15, 0.2) is 0 Å². The van der Waals surface area contributed by atoms with Crippen LogP contribution in [-0.4, -0.2) is 56.7 Å². The third kappa shape index (κ3) is 5.73. The van der Waals surface area contributed by atoms with Crippen LogP contribution in [0.4, 0.5) is 11.4 Å². The monoisotopic (exact) mass is 591 g/mol. The third-order valence-electron chi connectivity index (χ3n) is 6.63. The first-order valence-corrected chi connectivity index (χ1v) is 14.6. The SMILES string of the molecule is CCOC(=O)c1ccc(NC(=O)[C@H]2CCCN(S(=O)(=O)c3cc(Br)cc4c3N(C(=O)CC)CC4)C2)cc1. The average Bonchev–Trinajstić information content (AvgIpc) is 3.32. The Balaban J connectivity index is 1.52. The van der Waals surface area contributed by atoms with Crippen LogP contribution in [-0.2, 0) is 30.8 Å². The van der Waals surface area contributed by atoms with Crippen LogP contribution >= 0.6 is 15.9 Å². The van der Waals surface area contributed by atoms with E-state index in [1.54, 1.807) is 49.1 Å². The number of nitrogens with one attached hydrogen (secondary N) is 1. The van der Waals surface area contributed by atoms with Gasteiger partial charge in [-0.2, -0.15) is 4.31 Å². The second-order valence-electron chi connectivity index (χ2n) is 9.05. The number of hydrogen-bond acceptors (Lipinski definition) is 6. The first-order chi connectivity index (χ1) is 17.6. The molecule has 2 aliphatic rings. The van der Waals surface area contributed by atoms with Crippen molar-refractivity contribution in [2.24, 2.45) is 5.92 Å². The second-order valence-corrected chi connectivity index (χ2v) is 11.9. The maximum absolute atomic E-state index is 13.8. The number of carbonyl (C=O) groups is 3. The molecule has 4 rings (SSSR count). The van der Waals surface area contributed by atoms with Gasteiger partial charge in [-0.1, -0.05) is 22.9 Å². The summed E-state index contributed by atoms with van der Waals surface area (Å²) in [6.45, 7) is 4.53. The zero-order chi connectivity index (χ0) is 26.7. The van der Waals surface area contributed by atoms with Gasteiger partial charge in [-0.15, -0.1) is 0 Å². The molecule has 0 radical (unpaired) electrons. The zero-order valence-corrected chi connectivity index (χ0v) is 23.2. The summed E-state index contributed by atoms with van der Waals surface area (Å²) in [5.74, 6) is -1.39. The number of fused-ring (bicyclic) bond motifs is 1. The molecule has 2 aromatic rings. The van der Waals surface area contributed by atoms with Gasteiger partial charge in [0, 0.05) is 36.2 Å². The standard InChI is InChI=1S/C26H30BrN3O6S/c1-3-23(31)30-13-11-18-14-20(27)15-22(24(18)30)37(34,35)29-12-5-6-19(16-29)25(32)28-21-9-7-17(8-10-21)26(33)36-4-2/h7-10,14-15,19H,3-6,11-13,16H2,1-2H3,(H,28,32)/t19-/m0/s1. The lowest BCUT2D eigenvalue weighted by molar-refractivity contribution is -0.121. The third-order valence-corrected chi connectivity index (χ3v) is 8.97. The molecule has 1 atom stereocenters. The molecule has 0 aliphatic carbocycles. The van der Waals surface area contributed by atoms with Crippen molar-refractivity contribution in [3.63, 3.8) is 0 Å². The van der Waals surface area contributed by atoms with Crippen LogP contribution in [0, 0.1) is 5.92 Å². The number of sulfonamides is 1. The summed E-state index contributed by atoms with van der Waals surface area (Å²) in [7, 11) is -3.97. The van der Waals surface area contributed by atoms with E-state index < -0.39 is 21.9 Å². The fourth-order valence-electron chi connectivity index (χ4n) is 4.77. The molecule has 1 fully saturated rings. The lowest BCUT2D eigenvalue weighted by Gasteiger charge is -2.32. The highest BCUT2D eigenvalue weighted by Gasteiger charge is 2.38. The molecule has 0 spiro atoms. The summed E-state index contributed by atoms with van der Waals surface area (Å²) in [4.78, 5) is 39.1. The highest BCUT2D eigenvalue weighted by molar-refractivity contribution is 9.10. The minimum Gasteiger partial charge on any atom is -0.462 e. The van der Waals surface area contributed by atoms with E-state index in [1.807, 2.05) is 6.07 Å². The van der Waals surface area contributed by atoms with E-state index in [4.69, 9.17) is 4.74 Å². The molecule has 37 heavy (non-hydrogen) atoms. The first kappa shape index (κ1) is 27.3. The zero-order valence-electron chi connectivity index (χ0n) is 20.8. The van der Waals surface area contributed by atoms with Crippen LogP contribution in [0.25, 0.3) is 0 Å². The van der Waals surface area contributed by atoms with Crippen molar-refractivity contribution in [1.29, 1.82) is 0 Å². The summed E-state index contributed by atoms with van der Waals surface area (Å²) in [6.07, 6.45) is 1.95. The average molecular weight is 593 g/mol. The van der Waals surface area contributed by atoms with Crippen molar-refractivity contribution in [2.75, 3.05) is 36.5 Å². The van der Waals surface area contributed by atoms with E-state index in [0.29, 0.717) is 53.8 Å². The Bertz CT molecular complexity index is 1310. The molecule has 2 aliphatic heterocycles. The number of esters is 1. The number of ether oxygens (including phenoxy) is 1. The van der Waals surface area contributed by atoms with Crippen molar-refractivity contribution < 1.29 is 27.5 Å². The van der Waals surface area contributed by atoms with Crippen molar-refractivity contribution in [1.82, 2.24) is 4.31 Å². The highest BCUT2D eigenvalue weighted by Crippen LogP contribution is 2.40. The van der Waals surface area contributed by atoms with Crippen LogP contribution in [0.2, 0.25) is 0 Å². The van der Waals surface area contributed by atoms with E-state index in [1.165, 1.54) is 4.31 Å². The molecule has 198 valence electrons. The van der Waals surface area contributed by atoms with Gasteiger partial charge in [0.1, 0.15) is 4.90 Å². The van der Waals surface area contributed by atoms with Crippen molar-refractivity contribution in [3.8, 4) is 0 Å². The number of rotatable bonds is 7. The van der Waals surface area contributed by atoms with Crippen LogP contribution in [0.5, 0.6) is 0 Å². The molecule has 9 nitrogen and oxygen atoms in total. The summed E-state index contributed by atoms with van der Waals surface area (Å²) in [5, 5.41) is 2.83. The maximum Gasteiger partial charge on any atom is 0.338 e. The molecule has 1 N–H and O–H groups in total. The Morgan fingerprint density at radius 1 is 1.11 bits per heavy atom. The summed E-state index contributed by atoms with van der Waals surface area (Å²) < 4.78 is 34.6. The van der Waals surface area contributed by atoms with Crippen molar-refractivity contribution >= 4 is 55.1 Å². The number of amides is 2. The molecule has 2 aromatic carbocycles. The molecular weight excluding hydrogens is 562 g/mol. The highest BCUT2D eigenvalue weighted by atomic mass is 79.9. The normalized spacial score (nSPS) is 17.8. The molecule has 2 amide bonds. The predicted molar refractivity (Wildman–Crippen MR) is 143 cm³/mol. The molecule has 1 saturated heterocycles. The molecule has 2 heterocycles. The number of halogens is 1. The Morgan fingerprint density at radius 3 is 2.51 bits per heavy atom. The number of piperidine rings is 1. The van der Waals surface area contributed by atoms with Crippen LogP contribution in [0.15, 0.2) is 45.8 Å². The Labute approximate surface area is 225 Å². The lowest BCUT2D eigenvalue weighted by Crippen LogP contribution is -2.44. The van der Waals surface area contributed by atoms with Gasteiger partial charge in [-0.3, -0.25) is 9.59 Å². The van der Waals surface area contributed by atoms with Crippen LogP contribution in [0.3, 0.4) is 0 Å². The van der Waals surface area contributed by atoms with Gasteiger partial charge >= 0.3 is 5.97 Å². The lowest BCUT2D eigenvalue weighted by atomic mass is 9.98. The second kappa shape index (κ2) is 11.3. The first-order valence-electron chi connectivity index (χ1n) is 12.4. The van der Waals surface area contributed by atoms with Gasteiger partial charge in [0.25, 0.3) is 0 Å². The number of anilines is 2. The molecule has 0 bridgehead atoms. The molecular formula is C26H30BrN3O6S. The van der Waals surface area contributed by atoms with E-state index in [-0.39, 0.29) is 36.3 Å². The van der Waals surface area contributed by atoms with Gasteiger partial charge in [0.2, 0.25) is 21.8 Å². The summed E-state index contributed by atoms with van der Waals surface area (Å²) >= 11 is 3.42. The number of nitrogens with zero attached hydrogens (tertiary/aromatic N) is 2. The minimum absolute atomic E-state index is 0.0398. The molecule has 0 unspecified atom stereocenters. The van der Waals surface area contributed by atoms with Gasteiger partial charge in [-0.05, 0) is 68.1 Å². The van der Waals surface area contributed by atoms with Crippen LogP contribution in [0.1, 0.15) is 49.0 Å². The Hall–Kier alpha value is -2.76. The number of carbonyl (C=O) groups excluding carboxylic acids is 3. The topological polar surface area (TPSA) is 113 Å². The van der Waals surface area contributed by atoms with Crippen molar-refractivity contribution in [3.05, 3.63) is 52.0 Å². The fraction of sp³-hybridized carbons (Fsp3) is 0.423. The van der Waals surface area contributed by atoms with E-state index >= 15 is 0 Å². The number of benzene rings is 2. The summed E-state index contributed by atoms with van der Waals surface area (Å²) in [5.41, 5.74) is 2.15. The Kier molecular flexibility index (Phi) is 8.35.